The molecule has 0 aliphatic rings. The van der Waals surface area contributed by atoms with Crippen LogP contribution in [-0.2, 0) is 6.42 Å². The molecule has 19 heavy (non-hydrogen) atoms. The van der Waals surface area contributed by atoms with Crippen LogP contribution in [0.3, 0.4) is 0 Å². The summed E-state index contributed by atoms with van der Waals surface area (Å²) in [5.74, 6) is 6.49. The van der Waals surface area contributed by atoms with Crippen LogP contribution in [0, 0.1) is 0 Å². The van der Waals surface area contributed by atoms with Gasteiger partial charge in [0.15, 0.2) is 0 Å². The molecule has 0 saturated heterocycles. The van der Waals surface area contributed by atoms with Crippen LogP contribution < -0.4 is 16.0 Å². The summed E-state index contributed by atoms with van der Waals surface area (Å²) in [6.45, 7) is 0. The van der Waals surface area contributed by atoms with Crippen LogP contribution in [0.5, 0.6) is 5.75 Å². The summed E-state index contributed by atoms with van der Waals surface area (Å²) in [6, 6.07) is 9.88. The molecule has 0 radical (unpaired) electrons. The van der Waals surface area contributed by atoms with Crippen LogP contribution in [0.1, 0.15) is 17.2 Å². The van der Waals surface area contributed by atoms with Crippen molar-refractivity contribution in [1.82, 2.24) is 10.4 Å². The average Bonchev–Trinajstić information content (AvgIpc) is 2.46. The van der Waals surface area contributed by atoms with Crippen LogP contribution in [0.4, 0.5) is 0 Å². The minimum absolute atomic E-state index is 0.00884. The number of benzene rings is 1. The molecule has 0 bridgehead atoms. The van der Waals surface area contributed by atoms with Gasteiger partial charge < -0.3 is 4.74 Å². The average molecular weight is 322 g/mol. The Labute approximate surface area is 121 Å². The third kappa shape index (κ3) is 3.53. The number of hydrogen-bond donors (Lipinski definition) is 2. The minimum Gasteiger partial charge on any atom is -0.496 e. The van der Waals surface area contributed by atoms with E-state index in [-0.39, 0.29) is 6.04 Å². The molecule has 1 atom stereocenters. The number of hydrazine groups is 1. The van der Waals surface area contributed by atoms with Crippen molar-refractivity contribution in [1.29, 1.82) is 0 Å². The Morgan fingerprint density at radius 1 is 1.32 bits per heavy atom. The lowest BCUT2D eigenvalue weighted by Gasteiger charge is -2.19. The number of nitrogens with one attached hydrogen (secondary N) is 1. The topological polar surface area (TPSA) is 60.2 Å². The van der Waals surface area contributed by atoms with Crippen molar-refractivity contribution < 1.29 is 4.74 Å². The molecule has 0 saturated carbocycles. The predicted octanol–water partition coefficient (Wildman–Crippen LogP) is 2.60. The van der Waals surface area contributed by atoms with E-state index in [1.807, 2.05) is 30.3 Å². The second-order valence-corrected chi connectivity index (χ2v) is 5.08. The first-order chi connectivity index (χ1) is 9.24. The number of aromatic nitrogens is 1. The van der Waals surface area contributed by atoms with Crippen LogP contribution in [0.25, 0.3) is 0 Å². The Kier molecular flexibility index (Phi) is 4.90. The summed E-state index contributed by atoms with van der Waals surface area (Å²) in [5, 5.41) is 0. The first-order valence-electron chi connectivity index (χ1n) is 5.93. The van der Waals surface area contributed by atoms with Gasteiger partial charge in [0.1, 0.15) is 5.75 Å². The largest absolute Gasteiger partial charge is 0.496 e. The van der Waals surface area contributed by atoms with E-state index in [4.69, 9.17) is 10.6 Å². The fraction of sp³-hybridized carbons (Fsp3) is 0.214. The van der Waals surface area contributed by atoms with Gasteiger partial charge in [0.2, 0.25) is 0 Å². The zero-order chi connectivity index (χ0) is 13.7. The highest BCUT2D eigenvalue weighted by Gasteiger charge is 2.15. The SMILES string of the molecule is COc1cc(Br)ccc1C(Cc1ccncc1)NN. The predicted molar refractivity (Wildman–Crippen MR) is 78.7 cm³/mol. The van der Waals surface area contributed by atoms with Gasteiger partial charge >= 0.3 is 0 Å². The Morgan fingerprint density at radius 3 is 2.68 bits per heavy atom. The summed E-state index contributed by atoms with van der Waals surface area (Å²) < 4.78 is 6.39. The molecule has 1 aromatic heterocycles. The molecule has 2 aromatic rings. The highest BCUT2D eigenvalue weighted by atomic mass is 79.9. The smallest absolute Gasteiger partial charge is 0.124 e. The lowest BCUT2D eigenvalue weighted by molar-refractivity contribution is 0.398. The Balaban J connectivity index is 2.27. The fourth-order valence-electron chi connectivity index (χ4n) is 1.99. The molecule has 1 aromatic carbocycles. The van der Waals surface area contributed by atoms with E-state index in [1.54, 1.807) is 19.5 Å². The second kappa shape index (κ2) is 6.65. The molecule has 0 aliphatic carbocycles. The first kappa shape index (κ1) is 14.0. The van der Waals surface area contributed by atoms with E-state index in [2.05, 4.69) is 26.3 Å². The van der Waals surface area contributed by atoms with E-state index < -0.39 is 0 Å². The van der Waals surface area contributed by atoms with E-state index in [1.165, 1.54) is 5.56 Å². The van der Waals surface area contributed by atoms with Crippen LogP contribution in [-0.4, -0.2) is 12.1 Å². The van der Waals surface area contributed by atoms with E-state index in [0.717, 1.165) is 22.2 Å². The Bertz CT molecular complexity index is 533. The van der Waals surface area contributed by atoms with E-state index >= 15 is 0 Å². The normalized spacial score (nSPS) is 12.2. The van der Waals surface area contributed by atoms with Gasteiger partial charge in [-0.1, -0.05) is 22.0 Å². The van der Waals surface area contributed by atoms with Crippen molar-refractivity contribution in [2.45, 2.75) is 12.5 Å². The lowest BCUT2D eigenvalue weighted by atomic mass is 9.99. The van der Waals surface area contributed by atoms with Crippen molar-refractivity contribution in [2.75, 3.05) is 7.11 Å². The maximum Gasteiger partial charge on any atom is 0.124 e. The molecule has 1 heterocycles. The lowest BCUT2D eigenvalue weighted by Crippen LogP contribution is -2.29. The third-order valence-corrected chi connectivity index (χ3v) is 3.45. The summed E-state index contributed by atoms with van der Waals surface area (Å²) in [5.41, 5.74) is 5.05. The zero-order valence-corrected chi connectivity index (χ0v) is 12.2. The number of pyridine rings is 1. The van der Waals surface area contributed by atoms with Crippen molar-refractivity contribution in [2.24, 2.45) is 5.84 Å². The van der Waals surface area contributed by atoms with Crippen LogP contribution >= 0.6 is 15.9 Å². The molecule has 100 valence electrons. The number of halogens is 1. The maximum atomic E-state index is 5.68. The van der Waals surface area contributed by atoms with Gasteiger partial charge in [-0.15, -0.1) is 0 Å². The molecule has 0 fully saturated rings. The number of ether oxygens (including phenoxy) is 1. The second-order valence-electron chi connectivity index (χ2n) is 4.17. The Morgan fingerprint density at radius 2 is 2.05 bits per heavy atom. The highest BCUT2D eigenvalue weighted by Crippen LogP contribution is 2.30. The van der Waals surface area contributed by atoms with Gasteiger partial charge in [-0.2, -0.15) is 0 Å². The van der Waals surface area contributed by atoms with Crippen molar-refractivity contribution >= 4 is 15.9 Å². The van der Waals surface area contributed by atoms with E-state index in [9.17, 15) is 0 Å². The molecule has 0 aliphatic heterocycles. The maximum absolute atomic E-state index is 5.68. The molecule has 5 heteroatoms. The van der Waals surface area contributed by atoms with Crippen molar-refractivity contribution in [3.05, 3.63) is 58.3 Å². The molecule has 0 amide bonds. The number of nitrogens with zero attached hydrogens (tertiary/aromatic N) is 1. The van der Waals surface area contributed by atoms with Gasteiger partial charge in [0, 0.05) is 22.4 Å². The van der Waals surface area contributed by atoms with Crippen molar-refractivity contribution in [3.8, 4) is 5.75 Å². The van der Waals surface area contributed by atoms with Crippen molar-refractivity contribution in [3.63, 3.8) is 0 Å². The fourth-order valence-corrected chi connectivity index (χ4v) is 2.33. The highest BCUT2D eigenvalue weighted by molar-refractivity contribution is 9.10. The summed E-state index contributed by atoms with van der Waals surface area (Å²) in [6.07, 6.45) is 4.33. The molecule has 2 rings (SSSR count). The number of methoxy groups -OCH3 is 1. The number of rotatable bonds is 5. The number of hydrogen-bond acceptors (Lipinski definition) is 4. The Hall–Kier alpha value is -1.43. The first-order valence-corrected chi connectivity index (χ1v) is 6.72. The summed E-state index contributed by atoms with van der Waals surface area (Å²) >= 11 is 3.44. The third-order valence-electron chi connectivity index (χ3n) is 2.96. The number of nitrogens with two attached hydrogens (primary N) is 1. The summed E-state index contributed by atoms with van der Waals surface area (Å²) in [4.78, 5) is 4.01. The summed E-state index contributed by atoms with van der Waals surface area (Å²) in [7, 11) is 1.66. The van der Waals surface area contributed by atoms with Crippen LogP contribution in [0.2, 0.25) is 0 Å². The molecule has 4 nitrogen and oxygen atoms in total. The van der Waals surface area contributed by atoms with Gasteiger partial charge in [0.05, 0.1) is 13.2 Å². The van der Waals surface area contributed by atoms with Crippen LogP contribution in [0.15, 0.2) is 47.2 Å². The quantitative estimate of drug-likeness (QED) is 0.656. The monoisotopic (exact) mass is 321 g/mol. The molecule has 0 spiro atoms. The molecular formula is C14H16BrN3O. The van der Waals surface area contributed by atoms with Gasteiger partial charge in [-0.25, -0.2) is 0 Å². The molecular weight excluding hydrogens is 306 g/mol. The van der Waals surface area contributed by atoms with Gasteiger partial charge in [-0.3, -0.25) is 16.3 Å². The molecule has 3 N–H and O–H groups in total. The van der Waals surface area contributed by atoms with Gasteiger partial charge in [0.25, 0.3) is 0 Å². The molecule has 1 unspecified atom stereocenters. The minimum atomic E-state index is -0.00884. The zero-order valence-electron chi connectivity index (χ0n) is 10.6. The van der Waals surface area contributed by atoms with E-state index in [0.29, 0.717) is 0 Å². The van der Waals surface area contributed by atoms with Gasteiger partial charge in [-0.05, 0) is 36.2 Å². The standard InChI is InChI=1S/C14H16BrN3O/c1-19-14-9-11(15)2-3-12(14)13(18-16)8-10-4-6-17-7-5-10/h2-7,9,13,18H,8,16H2,1H3.